The first-order chi connectivity index (χ1) is 9.33. The number of benzene rings is 1. The van der Waals surface area contributed by atoms with Gasteiger partial charge < -0.3 is 14.9 Å². The summed E-state index contributed by atoms with van der Waals surface area (Å²) >= 11 is 0. The van der Waals surface area contributed by atoms with Gasteiger partial charge >= 0.3 is 5.97 Å². The van der Waals surface area contributed by atoms with Crippen LogP contribution in [0.3, 0.4) is 0 Å². The summed E-state index contributed by atoms with van der Waals surface area (Å²) in [4.78, 5) is 11.8. The van der Waals surface area contributed by atoms with E-state index in [4.69, 9.17) is 9.84 Å². The van der Waals surface area contributed by atoms with Gasteiger partial charge in [0.05, 0.1) is 12.5 Å². The lowest BCUT2D eigenvalue weighted by Gasteiger charge is -2.25. The standard InChI is InChI=1S/C16H24O4/c1-5-16(3,4)13-10-12(6-7-14(13)18)11(2)15(19)20-9-8-17/h6-7,10-11,17-18H,5,8-9H2,1-4H3. The number of carbonyl (C=O) groups is 1. The maximum absolute atomic E-state index is 11.8. The van der Waals surface area contributed by atoms with Crippen LogP contribution in [0.4, 0.5) is 0 Å². The maximum Gasteiger partial charge on any atom is 0.313 e. The Kier molecular flexibility index (Phi) is 5.57. The van der Waals surface area contributed by atoms with Gasteiger partial charge in [-0.3, -0.25) is 4.79 Å². The normalized spacial score (nSPS) is 13.1. The van der Waals surface area contributed by atoms with E-state index < -0.39 is 5.92 Å². The molecule has 0 aliphatic rings. The van der Waals surface area contributed by atoms with Crippen LogP contribution in [0.2, 0.25) is 0 Å². The zero-order chi connectivity index (χ0) is 15.3. The van der Waals surface area contributed by atoms with Gasteiger partial charge in [0, 0.05) is 0 Å². The van der Waals surface area contributed by atoms with Crippen molar-refractivity contribution in [3.63, 3.8) is 0 Å². The second-order valence-corrected chi connectivity index (χ2v) is 5.63. The Morgan fingerprint density at radius 3 is 2.60 bits per heavy atom. The van der Waals surface area contributed by atoms with E-state index in [2.05, 4.69) is 20.8 Å². The Hall–Kier alpha value is -1.55. The molecular formula is C16H24O4. The number of ether oxygens (including phenoxy) is 1. The minimum Gasteiger partial charge on any atom is -0.508 e. The second-order valence-electron chi connectivity index (χ2n) is 5.63. The third-order valence-electron chi connectivity index (χ3n) is 3.82. The average Bonchev–Trinajstić information content (AvgIpc) is 2.44. The second kappa shape index (κ2) is 6.75. The molecule has 0 aromatic heterocycles. The van der Waals surface area contributed by atoms with Crippen molar-refractivity contribution < 1.29 is 19.7 Å². The average molecular weight is 280 g/mol. The minimum atomic E-state index is -0.423. The van der Waals surface area contributed by atoms with Crippen LogP contribution in [-0.4, -0.2) is 29.4 Å². The summed E-state index contributed by atoms with van der Waals surface area (Å²) in [6, 6.07) is 5.22. The maximum atomic E-state index is 11.8. The first-order valence-corrected chi connectivity index (χ1v) is 6.94. The summed E-state index contributed by atoms with van der Waals surface area (Å²) in [5.74, 6) is -0.546. The van der Waals surface area contributed by atoms with Gasteiger partial charge in [0.15, 0.2) is 0 Å². The summed E-state index contributed by atoms with van der Waals surface area (Å²) in [5.41, 5.74) is 1.48. The molecule has 1 rings (SSSR count). The van der Waals surface area contributed by atoms with Crippen LogP contribution in [0.25, 0.3) is 0 Å². The molecule has 0 heterocycles. The molecule has 1 atom stereocenters. The molecule has 0 saturated carbocycles. The van der Waals surface area contributed by atoms with Gasteiger partial charge in [-0.05, 0) is 36.0 Å². The van der Waals surface area contributed by atoms with Gasteiger partial charge in [0.1, 0.15) is 12.4 Å². The highest BCUT2D eigenvalue weighted by atomic mass is 16.5. The molecule has 4 heteroatoms. The third kappa shape index (κ3) is 3.73. The Morgan fingerprint density at radius 2 is 2.05 bits per heavy atom. The number of aliphatic hydroxyl groups is 1. The summed E-state index contributed by atoms with van der Waals surface area (Å²) in [5, 5.41) is 18.7. The SMILES string of the molecule is CCC(C)(C)c1cc(C(C)C(=O)OCCO)ccc1O. The highest BCUT2D eigenvalue weighted by Gasteiger charge is 2.24. The van der Waals surface area contributed by atoms with E-state index in [9.17, 15) is 9.90 Å². The van der Waals surface area contributed by atoms with Crippen molar-refractivity contribution in [1.82, 2.24) is 0 Å². The predicted molar refractivity (Wildman–Crippen MR) is 77.9 cm³/mol. The van der Waals surface area contributed by atoms with E-state index in [-0.39, 0.29) is 30.3 Å². The van der Waals surface area contributed by atoms with Crippen molar-refractivity contribution in [2.45, 2.75) is 45.4 Å². The molecule has 4 nitrogen and oxygen atoms in total. The van der Waals surface area contributed by atoms with Gasteiger partial charge in [-0.1, -0.05) is 32.9 Å². The van der Waals surface area contributed by atoms with Gasteiger partial charge in [-0.25, -0.2) is 0 Å². The van der Waals surface area contributed by atoms with Crippen LogP contribution in [0, 0.1) is 0 Å². The fourth-order valence-corrected chi connectivity index (χ4v) is 1.96. The first kappa shape index (κ1) is 16.5. The van der Waals surface area contributed by atoms with Crippen molar-refractivity contribution in [2.75, 3.05) is 13.2 Å². The Labute approximate surface area is 120 Å². The van der Waals surface area contributed by atoms with Gasteiger partial charge in [0.25, 0.3) is 0 Å². The highest BCUT2D eigenvalue weighted by Crippen LogP contribution is 2.35. The lowest BCUT2D eigenvalue weighted by molar-refractivity contribution is -0.146. The molecule has 0 radical (unpaired) electrons. The zero-order valence-electron chi connectivity index (χ0n) is 12.6. The van der Waals surface area contributed by atoms with Crippen LogP contribution < -0.4 is 0 Å². The fourth-order valence-electron chi connectivity index (χ4n) is 1.96. The molecule has 0 saturated heterocycles. The number of carbonyl (C=O) groups excluding carboxylic acids is 1. The largest absolute Gasteiger partial charge is 0.508 e. The van der Waals surface area contributed by atoms with E-state index in [1.54, 1.807) is 19.1 Å². The van der Waals surface area contributed by atoms with Crippen molar-refractivity contribution in [2.24, 2.45) is 0 Å². The van der Waals surface area contributed by atoms with Crippen LogP contribution in [-0.2, 0) is 14.9 Å². The highest BCUT2D eigenvalue weighted by molar-refractivity contribution is 5.77. The number of esters is 1. The summed E-state index contributed by atoms with van der Waals surface area (Å²) in [7, 11) is 0. The number of phenolic OH excluding ortho intramolecular Hbond substituents is 1. The number of hydrogen-bond acceptors (Lipinski definition) is 4. The molecule has 2 N–H and O–H groups in total. The molecular weight excluding hydrogens is 256 g/mol. The molecule has 20 heavy (non-hydrogen) atoms. The molecule has 1 aromatic rings. The molecule has 0 spiro atoms. The monoisotopic (exact) mass is 280 g/mol. The molecule has 1 aromatic carbocycles. The molecule has 1 unspecified atom stereocenters. The summed E-state index contributed by atoms with van der Waals surface area (Å²) < 4.78 is 4.94. The van der Waals surface area contributed by atoms with Gasteiger partial charge in [-0.2, -0.15) is 0 Å². The number of rotatable bonds is 6. The van der Waals surface area contributed by atoms with E-state index in [0.717, 1.165) is 17.5 Å². The molecule has 0 fully saturated rings. The van der Waals surface area contributed by atoms with Crippen molar-refractivity contribution in [1.29, 1.82) is 0 Å². The van der Waals surface area contributed by atoms with Crippen molar-refractivity contribution in [3.05, 3.63) is 29.3 Å². The zero-order valence-corrected chi connectivity index (χ0v) is 12.6. The molecule has 0 amide bonds. The van der Waals surface area contributed by atoms with Crippen molar-refractivity contribution >= 4 is 5.97 Å². The van der Waals surface area contributed by atoms with Crippen molar-refractivity contribution in [3.8, 4) is 5.75 Å². The van der Waals surface area contributed by atoms with E-state index in [1.165, 1.54) is 0 Å². The smallest absolute Gasteiger partial charge is 0.313 e. The van der Waals surface area contributed by atoms with Gasteiger partial charge in [-0.15, -0.1) is 0 Å². The minimum absolute atomic E-state index is 0.00850. The third-order valence-corrected chi connectivity index (χ3v) is 3.82. The van der Waals surface area contributed by atoms with Crippen LogP contribution in [0.15, 0.2) is 18.2 Å². The van der Waals surface area contributed by atoms with E-state index >= 15 is 0 Å². The first-order valence-electron chi connectivity index (χ1n) is 6.94. The molecule has 0 aliphatic carbocycles. The van der Waals surface area contributed by atoms with Crippen LogP contribution in [0.1, 0.15) is 51.2 Å². The van der Waals surface area contributed by atoms with E-state index in [1.807, 2.05) is 6.07 Å². The summed E-state index contributed by atoms with van der Waals surface area (Å²) in [6.45, 7) is 7.76. The quantitative estimate of drug-likeness (QED) is 0.786. The topological polar surface area (TPSA) is 66.8 Å². The molecule has 0 aliphatic heterocycles. The van der Waals surface area contributed by atoms with Crippen LogP contribution >= 0.6 is 0 Å². The summed E-state index contributed by atoms with van der Waals surface area (Å²) in [6.07, 6.45) is 0.882. The van der Waals surface area contributed by atoms with Gasteiger partial charge in [0.2, 0.25) is 0 Å². The van der Waals surface area contributed by atoms with Crippen LogP contribution in [0.5, 0.6) is 5.75 Å². The number of aliphatic hydroxyl groups excluding tert-OH is 1. The Bertz CT molecular complexity index is 466. The van der Waals surface area contributed by atoms with E-state index in [0.29, 0.717) is 0 Å². The molecule has 112 valence electrons. The molecule has 0 bridgehead atoms. The predicted octanol–water partition coefficient (Wildman–Crippen LogP) is 2.72. The lowest BCUT2D eigenvalue weighted by atomic mass is 9.80. The number of phenols is 1. The number of hydrogen-bond donors (Lipinski definition) is 2. The number of aromatic hydroxyl groups is 1. The Balaban J connectivity index is 3.03. The lowest BCUT2D eigenvalue weighted by Crippen LogP contribution is -2.18. The fraction of sp³-hybridized carbons (Fsp3) is 0.562. The Morgan fingerprint density at radius 1 is 1.40 bits per heavy atom.